The first-order valence-electron chi connectivity index (χ1n) is 7.43. The third-order valence-corrected chi connectivity index (χ3v) is 3.77. The van der Waals surface area contributed by atoms with Crippen LogP contribution in [0.4, 0.5) is 0 Å². The Labute approximate surface area is 130 Å². The molecule has 0 aromatic heterocycles. The number of allylic oxidation sites excluding steroid dienone is 4. The van der Waals surface area contributed by atoms with Crippen LogP contribution >= 0.6 is 0 Å². The standard InChI is InChI=1S/C18H22O4/c1-11(2)5-4-6-12(3)7-8-14-15(19)9-13-10-22-18(21)16(13)17(14)20/h5,7,9,19-20H,4,6,8,10H2,1-3H3/b12-7+. The minimum absolute atomic E-state index is 0.00268. The highest BCUT2D eigenvalue weighted by atomic mass is 16.5. The van der Waals surface area contributed by atoms with Gasteiger partial charge in [0.15, 0.2) is 0 Å². The van der Waals surface area contributed by atoms with E-state index in [4.69, 9.17) is 4.74 Å². The average Bonchev–Trinajstić information content (AvgIpc) is 2.79. The first-order valence-corrected chi connectivity index (χ1v) is 7.43. The molecule has 1 aliphatic rings. The van der Waals surface area contributed by atoms with Crippen molar-refractivity contribution in [1.82, 2.24) is 0 Å². The molecule has 0 fully saturated rings. The number of fused-ring (bicyclic) bond motifs is 1. The van der Waals surface area contributed by atoms with E-state index >= 15 is 0 Å². The van der Waals surface area contributed by atoms with E-state index < -0.39 is 5.97 Å². The highest BCUT2D eigenvalue weighted by Gasteiger charge is 2.28. The highest BCUT2D eigenvalue weighted by molar-refractivity contribution is 5.97. The Morgan fingerprint density at radius 2 is 2.00 bits per heavy atom. The topological polar surface area (TPSA) is 66.8 Å². The lowest BCUT2D eigenvalue weighted by Crippen LogP contribution is -1.97. The Kier molecular flexibility index (Phi) is 4.91. The third-order valence-electron chi connectivity index (χ3n) is 3.77. The lowest BCUT2D eigenvalue weighted by atomic mass is 9.99. The van der Waals surface area contributed by atoms with Crippen LogP contribution in [0.15, 0.2) is 29.4 Å². The van der Waals surface area contributed by atoms with Crippen LogP contribution in [0.5, 0.6) is 11.5 Å². The average molecular weight is 302 g/mol. The summed E-state index contributed by atoms with van der Waals surface area (Å²) < 4.78 is 4.88. The first kappa shape index (κ1) is 16.1. The van der Waals surface area contributed by atoms with Gasteiger partial charge in [-0.05, 0) is 46.1 Å². The summed E-state index contributed by atoms with van der Waals surface area (Å²) in [6.07, 6.45) is 6.44. The van der Waals surface area contributed by atoms with Crippen LogP contribution in [-0.2, 0) is 17.8 Å². The molecule has 0 radical (unpaired) electrons. The van der Waals surface area contributed by atoms with E-state index in [1.54, 1.807) is 0 Å². The first-order chi connectivity index (χ1) is 10.4. The summed E-state index contributed by atoms with van der Waals surface area (Å²) in [4.78, 5) is 11.6. The maximum absolute atomic E-state index is 11.6. The van der Waals surface area contributed by atoms with Crippen molar-refractivity contribution in [3.05, 3.63) is 46.1 Å². The van der Waals surface area contributed by atoms with Gasteiger partial charge in [-0.15, -0.1) is 0 Å². The fourth-order valence-electron chi connectivity index (χ4n) is 2.47. The number of cyclic esters (lactones) is 1. The molecule has 0 saturated heterocycles. The summed E-state index contributed by atoms with van der Waals surface area (Å²) in [5, 5.41) is 20.3. The van der Waals surface area contributed by atoms with Gasteiger partial charge in [0.25, 0.3) is 0 Å². The molecule has 0 unspecified atom stereocenters. The normalized spacial score (nSPS) is 13.8. The number of phenolic OH excluding ortho intramolecular Hbond substituents is 2. The number of ether oxygens (including phenoxy) is 1. The molecule has 0 aliphatic carbocycles. The largest absolute Gasteiger partial charge is 0.508 e. The van der Waals surface area contributed by atoms with Gasteiger partial charge in [0.05, 0.1) is 0 Å². The molecular weight excluding hydrogens is 280 g/mol. The van der Waals surface area contributed by atoms with Crippen molar-refractivity contribution in [3.63, 3.8) is 0 Å². The smallest absolute Gasteiger partial charge is 0.342 e. The number of carbonyl (C=O) groups excluding carboxylic acids is 1. The van der Waals surface area contributed by atoms with Gasteiger partial charge in [0, 0.05) is 11.1 Å². The maximum Gasteiger partial charge on any atom is 0.342 e. The van der Waals surface area contributed by atoms with Crippen molar-refractivity contribution in [2.45, 2.75) is 46.6 Å². The molecular formula is C18H22O4. The van der Waals surface area contributed by atoms with Gasteiger partial charge in [-0.2, -0.15) is 0 Å². The molecule has 0 saturated carbocycles. The van der Waals surface area contributed by atoms with Crippen molar-refractivity contribution >= 4 is 5.97 Å². The summed E-state index contributed by atoms with van der Waals surface area (Å²) in [5.74, 6) is -0.688. The van der Waals surface area contributed by atoms with Crippen molar-refractivity contribution < 1.29 is 19.7 Å². The molecule has 4 nitrogen and oxygen atoms in total. The van der Waals surface area contributed by atoms with Crippen molar-refractivity contribution in [2.75, 3.05) is 0 Å². The Hall–Kier alpha value is -2.23. The maximum atomic E-state index is 11.6. The fraction of sp³-hybridized carbons (Fsp3) is 0.389. The van der Waals surface area contributed by atoms with Gasteiger partial charge < -0.3 is 14.9 Å². The number of hydrogen-bond donors (Lipinski definition) is 2. The monoisotopic (exact) mass is 302 g/mol. The van der Waals surface area contributed by atoms with Crippen molar-refractivity contribution in [2.24, 2.45) is 0 Å². The van der Waals surface area contributed by atoms with Gasteiger partial charge in [0.2, 0.25) is 0 Å². The zero-order valence-electron chi connectivity index (χ0n) is 13.3. The molecule has 118 valence electrons. The minimum Gasteiger partial charge on any atom is -0.508 e. The molecule has 4 heteroatoms. The van der Waals surface area contributed by atoms with Crippen LogP contribution in [0.25, 0.3) is 0 Å². The molecule has 1 aromatic carbocycles. The number of benzene rings is 1. The summed E-state index contributed by atoms with van der Waals surface area (Å²) in [7, 11) is 0. The van der Waals surface area contributed by atoms with Crippen LogP contribution in [0.1, 0.15) is 55.1 Å². The number of hydrogen-bond acceptors (Lipinski definition) is 4. The molecule has 1 aromatic rings. The second kappa shape index (κ2) is 6.69. The number of carbonyl (C=O) groups is 1. The van der Waals surface area contributed by atoms with E-state index in [1.807, 2.05) is 13.0 Å². The van der Waals surface area contributed by atoms with Gasteiger partial charge in [-0.3, -0.25) is 0 Å². The SMILES string of the molecule is CC(C)=CCC/C(C)=C/Cc1c(O)cc2c(c1O)C(=O)OC2. The van der Waals surface area contributed by atoms with Gasteiger partial charge >= 0.3 is 5.97 Å². The lowest BCUT2D eigenvalue weighted by Gasteiger charge is -2.09. The Morgan fingerprint density at radius 1 is 1.27 bits per heavy atom. The van der Waals surface area contributed by atoms with E-state index in [1.165, 1.54) is 17.2 Å². The number of esters is 1. The van der Waals surface area contributed by atoms with Crippen LogP contribution in [-0.4, -0.2) is 16.2 Å². The quantitative estimate of drug-likeness (QED) is 0.637. The van der Waals surface area contributed by atoms with E-state index in [-0.39, 0.29) is 23.7 Å². The molecule has 22 heavy (non-hydrogen) atoms. The summed E-state index contributed by atoms with van der Waals surface area (Å²) in [5.41, 5.74) is 3.56. The van der Waals surface area contributed by atoms with Crippen LogP contribution < -0.4 is 0 Å². The predicted octanol–water partition coefficient (Wildman–Crippen LogP) is 4.00. The van der Waals surface area contributed by atoms with E-state index in [0.717, 1.165) is 12.8 Å². The minimum atomic E-state index is -0.530. The Morgan fingerprint density at radius 3 is 2.68 bits per heavy atom. The Balaban J connectivity index is 2.15. The summed E-state index contributed by atoms with van der Waals surface area (Å²) in [6, 6.07) is 1.50. The second-order valence-electron chi connectivity index (χ2n) is 5.91. The van der Waals surface area contributed by atoms with Crippen molar-refractivity contribution in [1.29, 1.82) is 0 Å². The van der Waals surface area contributed by atoms with E-state index in [9.17, 15) is 15.0 Å². The molecule has 0 atom stereocenters. The summed E-state index contributed by atoms with van der Waals surface area (Å²) >= 11 is 0. The predicted molar refractivity (Wildman–Crippen MR) is 85.0 cm³/mol. The molecule has 2 N–H and O–H groups in total. The third kappa shape index (κ3) is 3.50. The lowest BCUT2D eigenvalue weighted by molar-refractivity contribution is 0.0533. The molecule has 1 aliphatic heterocycles. The van der Waals surface area contributed by atoms with E-state index in [2.05, 4.69) is 19.9 Å². The van der Waals surface area contributed by atoms with Gasteiger partial charge in [0.1, 0.15) is 23.7 Å². The van der Waals surface area contributed by atoms with Crippen molar-refractivity contribution in [3.8, 4) is 11.5 Å². The van der Waals surface area contributed by atoms with Crippen LogP contribution in [0.2, 0.25) is 0 Å². The van der Waals surface area contributed by atoms with Gasteiger partial charge in [-0.1, -0.05) is 23.3 Å². The zero-order chi connectivity index (χ0) is 16.3. The van der Waals surface area contributed by atoms with Gasteiger partial charge in [-0.25, -0.2) is 4.79 Å². The molecule has 2 rings (SSSR count). The number of rotatable bonds is 5. The fourth-order valence-corrected chi connectivity index (χ4v) is 2.47. The zero-order valence-corrected chi connectivity index (χ0v) is 13.3. The van der Waals surface area contributed by atoms with Crippen LogP contribution in [0.3, 0.4) is 0 Å². The number of phenols is 2. The van der Waals surface area contributed by atoms with Crippen LogP contribution in [0, 0.1) is 0 Å². The molecule has 0 amide bonds. The molecule has 0 bridgehead atoms. The Bertz CT molecular complexity index is 650. The van der Waals surface area contributed by atoms with E-state index in [0.29, 0.717) is 17.5 Å². The highest BCUT2D eigenvalue weighted by Crippen LogP contribution is 2.38. The summed E-state index contributed by atoms with van der Waals surface area (Å²) in [6.45, 7) is 6.26. The molecule has 0 spiro atoms. The molecule has 1 heterocycles. The second-order valence-corrected chi connectivity index (χ2v) is 5.91. The number of aromatic hydroxyl groups is 2.